The number of aliphatic hydroxyl groups is 1. The lowest BCUT2D eigenvalue weighted by Gasteiger charge is -2.21. The van der Waals surface area contributed by atoms with E-state index in [1.54, 1.807) is 74.5 Å². The van der Waals surface area contributed by atoms with Gasteiger partial charge in [0.25, 0.3) is 0 Å². The zero-order chi connectivity index (χ0) is 87.4. The van der Waals surface area contributed by atoms with Crippen LogP contribution in [0.25, 0.3) is 0 Å². The topological polar surface area (TPSA) is 562 Å². The summed E-state index contributed by atoms with van der Waals surface area (Å²) >= 11 is 0. The number of carboxylic acid groups (broad SMARTS) is 1. The highest BCUT2D eigenvalue weighted by atomic mass is 32.2. The monoisotopic (exact) mass is 1670 g/mol. The van der Waals surface area contributed by atoms with Crippen molar-refractivity contribution in [3.63, 3.8) is 0 Å². The van der Waals surface area contributed by atoms with Crippen LogP contribution in [0.2, 0.25) is 0 Å². The standard InChI is InChI=1S/C37H48N2O17S.C20H30O13.C17H20N2O5S/c1-9-11-17-39-28-18-26(19-29(57(38,47)48)30(28)56-27-15-13-12-14-16-27)37(46)55-25(8)36(45)54-24(7)35(44)53-23(6)34(43)52-22(5)33(42)51-21(4)32(41)50-20(3)31(40)49-10-2;1-8-28-16(23)10(3)30-18(25)12(5)32-20(27)14(7)33-19(26)13(6)31-17(24)11(4)29-15(22)9(2)21;1-2-3-9-19-14-10-12(17(20)21)11-15(25(18,22)23)16(14)24-13-7-5-4-6-8-13/h12-16,18-25,39H,9-11,17H2,1-8H3,(H2,38,47,48);9-14,21H,8H2,1-7H3;4-8,10-11,19H,2-3,9H2,1H3,(H,20,21)(H2,18,22,23)/t20-,21-,22-,23-,24-,25-;9-,10-,11-,12-,13-,14-;/m00./s1. The van der Waals surface area contributed by atoms with Crippen molar-refractivity contribution in [1.82, 2.24) is 0 Å². The number of carbonyl (C=O) groups excluding carboxylic acids is 13. The van der Waals surface area contributed by atoms with Gasteiger partial charge in [-0.05, 0) is 158 Å². The minimum absolute atomic E-state index is 0.0187. The summed E-state index contributed by atoms with van der Waals surface area (Å²) < 4.78 is 124. The number of carboxylic acids is 1. The summed E-state index contributed by atoms with van der Waals surface area (Å²) in [5.74, 6) is -14.7. The first-order valence-corrected chi connectivity index (χ1v) is 38.7. The van der Waals surface area contributed by atoms with E-state index in [1.165, 1.54) is 39.8 Å². The number of nitrogens with two attached hydrogens (primary N) is 2. The van der Waals surface area contributed by atoms with E-state index in [9.17, 15) is 89.1 Å². The van der Waals surface area contributed by atoms with Gasteiger partial charge in [-0.25, -0.2) is 94.2 Å². The number of carbonyl (C=O) groups is 14. The maximum Gasteiger partial charge on any atom is 0.348 e. The van der Waals surface area contributed by atoms with Crippen LogP contribution in [-0.2, 0) is 139 Å². The molecule has 115 heavy (non-hydrogen) atoms. The molecule has 4 aromatic rings. The van der Waals surface area contributed by atoms with Gasteiger partial charge in [0, 0.05) is 13.1 Å². The van der Waals surface area contributed by atoms with Crippen molar-refractivity contribution < 1.29 is 165 Å². The third-order valence-corrected chi connectivity index (χ3v) is 16.4. The Kier molecular flexibility index (Phi) is 42.0. The molecule has 0 heterocycles. The first-order chi connectivity index (χ1) is 53.7. The number of ether oxygens (including phenoxy) is 15. The highest BCUT2D eigenvalue weighted by Crippen LogP contribution is 2.39. The van der Waals surface area contributed by atoms with E-state index >= 15 is 0 Å². The predicted molar refractivity (Wildman–Crippen MR) is 398 cm³/mol. The van der Waals surface area contributed by atoms with Crippen LogP contribution in [0, 0.1) is 0 Å². The number of esters is 13. The van der Waals surface area contributed by atoms with Crippen LogP contribution in [0.15, 0.2) is 94.7 Å². The average Bonchev–Trinajstić information content (AvgIpc) is 0.790. The average molecular weight is 1670 g/mol. The number of para-hydroxylation sites is 2. The molecule has 39 nitrogen and oxygen atoms in total. The molecule has 0 bridgehead atoms. The fourth-order valence-corrected chi connectivity index (χ4v) is 9.74. The Morgan fingerprint density at radius 1 is 0.357 bits per heavy atom. The van der Waals surface area contributed by atoms with Gasteiger partial charge in [0.2, 0.25) is 20.0 Å². The number of nitrogens with one attached hydrogen (secondary N) is 2. The number of unbranched alkanes of at least 4 members (excludes halogenated alkanes) is 2. The molecule has 8 N–H and O–H groups in total. The Morgan fingerprint density at radius 3 is 0.843 bits per heavy atom. The number of sulfonamides is 2. The number of hydrogen-bond donors (Lipinski definition) is 6. The van der Waals surface area contributed by atoms with Gasteiger partial charge in [0.1, 0.15) is 27.4 Å². The van der Waals surface area contributed by atoms with Crippen molar-refractivity contribution in [2.45, 2.75) is 220 Å². The summed E-state index contributed by atoms with van der Waals surface area (Å²) in [6.45, 7) is 22.1. The van der Waals surface area contributed by atoms with Gasteiger partial charge in [0.05, 0.1) is 35.7 Å². The minimum atomic E-state index is -4.48. The molecule has 4 aromatic carbocycles. The van der Waals surface area contributed by atoms with Gasteiger partial charge in [0.15, 0.2) is 78.6 Å². The fraction of sp³-hybridized carbons (Fsp3) is 0.486. The quantitative estimate of drug-likeness (QED) is 0.0175. The van der Waals surface area contributed by atoms with Crippen molar-refractivity contribution >= 4 is 115 Å². The van der Waals surface area contributed by atoms with Gasteiger partial charge in [-0.15, -0.1) is 0 Å². The molecular formula is C74H98N4O35S2. The molecule has 0 saturated heterocycles. The predicted octanol–water partition coefficient (Wildman–Crippen LogP) is 5.73. The lowest BCUT2D eigenvalue weighted by Crippen LogP contribution is -2.39. The second kappa shape index (κ2) is 48.5. The van der Waals surface area contributed by atoms with E-state index in [1.807, 2.05) is 13.8 Å². The van der Waals surface area contributed by atoms with Gasteiger partial charge in [-0.3, -0.25) is 0 Å². The second-order valence-electron chi connectivity index (χ2n) is 24.5. The summed E-state index contributed by atoms with van der Waals surface area (Å²) in [5.41, 5.74) is -0.133. The second-order valence-corrected chi connectivity index (χ2v) is 27.6. The Morgan fingerprint density at radius 2 is 0.600 bits per heavy atom. The van der Waals surface area contributed by atoms with Crippen molar-refractivity contribution in [3.8, 4) is 23.0 Å². The number of rotatable bonds is 41. The SMILES string of the molecule is CCCCNc1cc(C(=O)O)cc(S(N)(=O)=O)c1Oc1ccccc1.CCCCNc1cc(C(=O)O[C@@H](C)C(=O)O[C@@H](C)C(=O)O[C@@H](C)C(=O)O[C@@H](C)C(=O)O[C@@H](C)C(=O)O[C@@H](C)C(=O)OCC)cc(S(N)(=O)=O)c1Oc1ccccc1.CCOC(=O)[C@H](C)OC(=O)[C@H](C)OC(=O)[C@H](C)OC(=O)[C@H](C)OC(=O)[C@H](C)OC(=O)[C@H](C)O. The summed E-state index contributed by atoms with van der Waals surface area (Å²) in [5, 5.41) is 35.2. The van der Waals surface area contributed by atoms with Crippen LogP contribution in [0.5, 0.6) is 23.0 Å². The zero-order valence-corrected chi connectivity index (χ0v) is 67.6. The molecule has 0 saturated carbocycles. The molecular weight excluding hydrogens is 1570 g/mol. The van der Waals surface area contributed by atoms with E-state index in [0.717, 1.165) is 86.8 Å². The molecule has 0 aromatic heterocycles. The van der Waals surface area contributed by atoms with Gasteiger partial charge in [-0.2, -0.15) is 0 Å². The highest BCUT2D eigenvalue weighted by Gasteiger charge is 2.36. The molecule has 0 spiro atoms. The van der Waals surface area contributed by atoms with Crippen LogP contribution >= 0.6 is 0 Å². The number of aliphatic hydroxyl groups excluding tert-OH is 1. The van der Waals surface area contributed by atoms with Gasteiger partial charge >= 0.3 is 83.6 Å². The van der Waals surface area contributed by atoms with E-state index in [2.05, 4.69) is 20.1 Å². The number of anilines is 2. The summed E-state index contributed by atoms with van der Waals surface area (Å²) in [4.78, 5) is 168. The molecule has 0 fully saturated rings. The maximum atomic E-state index is 13.2. The van der Waals surface area contributed by atoms with Crippen LogP contribution in [0.1, 0.15) is 157 Å². The lowest BCUT2D eigenvalue weighted by molar-refractivity contribution is -0.187. The Labute approximate surface area is 663 Å². The third-order valence-electron chi connectivity index (χ3n) is 14.6. The van der Waals surface area contributed by atoms with Crippen molar-refractivity contribution in [2.75, 3.05) is 36.9 Å². The fourth-order valence-electron chi connectivity index (χ4n) is 8.33. The summed E-state index contributed by atoms with van der Waals surface area (Å²) in [6.07, 6.45) is -14.5. The normalized spacial score (nSPS) is 14.0. The minimum Gasteiger partial charge on any atom is -0.478 e. The highest BCUT2D eigenvalue weighted by molar-refractivity contribution is 7.89. The largest absolute Gasteiger partial charge is 0.478 e. The number of aromatic carboxylic acids is 1. The van der Waals surface area contributed by atoms with Crippen LogP contribution < -0.4 is 30.4 Å². The molecule has 41 heteroatoms. The third kappa shape index (κ3) is 34.8. The van der Waals surface area contributed by atoms with Crippen molar-refractivity contribution in [2.24, 2.45) is 10.3 Å². The molecule has 0 unspecified atom stereocenters. The first kappa shape index (κ1) is 99.5. The Bertz CT molecular complexity index is 4260. The van der Waals surface area contributed by atoms with Crippen LogP contribution in [0.3, 0.4) is 0 Å². The smallest absolute Gasteiger partial charge is 0.348 e. The molecule has 0 aliphatic carbocycles. The molecule has 636 valence electrons. The van der Waals surface area contributed by atoms with Gasteiger partial charge < -0.3 is 91.9 Å². The summed E-state index contributed by atoms with van der Waals surface area (Å²) in [7, 11) is -8.67. The Balaban J connectivity index is 0.000000649. The lowest BCUT2D eigenvalue weighted by atomic mass is 10.1. The summed E-state index contributed by atoms with van der Waals surface area (Å²) in [6, 6.07) is 21.4. The molecule has 4 rings (SSSR count). The molecule has 0 radical (unpaired) electrons. The number of hydrogen-bond acceptors (Lipinski definition) is 36. The van der Waals surface area contributed by atoms with E-state index in [-0.39, 0.29) is 57.9 Å². The van der Waals surface area contributed by atoms with Crippen molar-refractivity contribution in [1.29, 1.82) is 0 Å². The molecule has 0 aliphatic heterocycles. The van der Waals surface area contributed by atoms with Crippen LogP contribution in [0.4, 0.5) is 11.4 Å². The molecule has 0 aliphatic rings. The van der Waals surface area contributed by atoms with E-state index in [0.29, 0.717) is 25.3 Å². The number of primary sulfonamides is 2. The zero-order valence-electron chi connectivity index (χ0n) is 66.0. The van der Waals surface area contributed by atoms with Crippen molar-refractivity contribution in [3.05, 3.63) is 96.1 Å². The first-order valence-electron chi connectivity index (χ1n) is 35.6. The van der Waals surface area contributed by atoms with E-state index < -0.39 is 182 Å². The van der Waals surface area contributed by atoms with Crippen LogP contribution in [-0.4, -0.2) is 210 Å². The van der Waals surface area contributed by atoms with E-state index in [4.69, 9.17) is 77.0 Å². The maximum absolute atomic E-state index is 13.2. The molecule has 0 amide bonds. The van der Waals surface area contributed by atoms with Gasteiger partial charge in [-0.1, -0.05) is 63.1 Å². The molecule has 12 atom stereocenters. The Hall–Kier alpha value is -11.6. The number of benzene rings is 4.